The number of thiazole rings is 1. The molecule has 2 aromatic carbocycles. The van der Waals surface area contributed by atoms with Crippen molar-refractivity contribution in [2.24, 2.45) is 0 Å². The van der Waals surface area contributed by atoms with Crippen LogP contribution in [0.5, 0.6) is 0 Å². The highest BCUT2D eigenvalue weighted by molar-refractivity contribution is 7.22. The van der Waals surface area contributed by atoms with Crippen LogP contribution in [0.25, 0.3) is 10.2 Å². The Morgan fingerprint density at radius 3 is 2.64 bits per heavy atom. The minimum atomic E-state index is 0.672. The van der Waals surface area contributed by atoms with Gasteiger partial charge >= 0.3 is 0 Å². The van der Waals surface area contributed by atoms with Gasteiger partial charge in [0.15, 0.2) is 5.13 Å². The van der Waals surface area contributed by atoms with Gasteiger partial charge in [-0.05, 0) is 29.7 Å². The van der Waals surface area contributed by atoms with E-state index in [1.54, 1.807) is 11.3 Å². The van der Waals surface area contributed by atoms with E-state index < -0.39 is 0 Å². The first kappa shape index (κ1) is 15.0. The van der Waals surface area contributed by atoms with E-state index in [0.29, 0.717) is 6.61 Å². The monoisotopic (exact) mass is 312 g/mol. The number of ether oxygens (including phenoxy) is 1. The second-order valence-corrected chi connectivity index (χ2v) is 6.19. The van der Waals surface area contributed by atoms with Crippen LogP contribution >= 0.6 is 11.3 Å². The summed E-state index contributed by atoms with van der Waals surface area (Å²) < 4.78 is 6.88. The molecule has 1 heterocycles. The number of rotatable bonds is 7. The topological polar surface area (TPSA) is 34.1 Å². The molecule has 0 aliphatic carbocycles. The Balaban J connectivity index is 1.67. The summed E-state index contributed by atoms with van der Waals surface area (Å²) in [6.45, 7) is 4.37. The molecule has 0 saturated heterocycles. The quantitative estimate of drug-likeness (QED) is 0.634. The molecule has 4 heteroatoms. The molecule has 0 amide bonds. The maximum atomic E-state index is 5.67. The van der Waals surface area contributed by atoms with Crippen LogP contribution in [0, 0.1) is 0 Å². The highest BCUT2D eigenvalue weighted by Crippen LogP contribution is 2.26. The predicted octanol–water partition coefficient (Wildman–Crippen LogP) is 4.84. The number of fused-ring (bicyclic) bond motifs is 1. The molecule has 22 heavy (non-hydrogen) atoms. The van der Waals surface area contributed by atoms with Gasteiger partial charge in [0.1, 0.15) is 0 Å². The standard InChI is InChI=1S/C18H20N2OS/c1-2-11-21-13-15-8-4-3-7-14(15)12-19-18-20-16-9-5-6-10-17(16)22-18/h3-10H,2,11-13H2,1H3,(H,19,20). The van der Waals surface area contributed by atoms with Crippen LogP contribution in [-0.2, 0) is 17.9 Å². The van der Waals surface area contributed by atoms with E-state index in [-0.39, 0.29) is 0 Å². The number of nitrogens with one attached hydrogen (secondary N) is 1. The minimum Gasteiger partial charge on any atom is -0.377 e. The van der Waals surface area contributed by atoms with E-state index in [0.717, 1.165) is 30.2 Å². The van der Waals surface area contributed by atoms with Crippen LogP contribution in [0.15, 0.2) is 48.5 Å². The summed E-state index contributed by atoms with van der Waals surface area (Å²) in [5.41, 5.74) is 3.55. The first-order chi connectivity index (χ1) is 10.9. The third-order valence-electron chi connectivity index (χ3n) is 3.45. The van der Waals surface area contributed by atoms with Gasteiger partial charge in [-0.1, -0.05) is 54.7 Å². The highest BCUT2D eigenvalue weighted by atomic mass is 32.1. The van der Waals surface area contributed by atoms with Gasteiger partial charge in [0.05, 0.1) is 16.8 Å². The second-order valence-electron chi connectivity index (χ2n) is 5.16. The number of aromatic nitrogens is 1. The van der Waals surface area contributed by atoms with Crippen molar-refractivity contribution < 1.29 is 4.74 Å². The van der Waals surface area contributed by atoms with Gasteiger partial charge in [0, 0.05) is 13.2 Å². The molecule has 0 spiro atoms. The molecule has 1 N–H and O–H groups in total. The zero-order chi connectivity index (χ0) is 15.2. The molecule has 3 nitrogen and oxygen atoms in total. The van der Waals surface area contributed by atoms with Crippen LogP contribution in [0.2, 0.25) is 0 Å². The molecular formula is C18H20N2OS. The number of para-hydroxylation sites is 1. The van der Waals surface area contributed by atoms with E-state index in [1.165, 1.54) is 15.8 Å². The molecule has 0 aliphatic rings. The molecule has 0 saturated carbocycles. The van der Waals surface area contributed by atoms with E-state index in [4.69, 9.17) is 4.74 Å². The van der Waals surface area contributed by atoms with Gasteiger partial charge in [-0.15, -0.1) is 0 Å². The van der Waals surface area contributed by atoms with Crippen LogP contribution < -0.4 is 5.32 Å². The molecule has 0 radical (unpaired) electrons. The predicted molar refractivity (Wildman–Crippen MR) is 93.3 cm³/mol. The lowest BCUT2D eigenvalue weighted by Gasteiger charge is -2.10. The summed E-state index contributed by atoms with van der Waals surface area (Å²) in [7, 11) is 0. The largest absolute Gasteiger partial charge is 0.377 e. The van der Waals surface area contributed by atoms with Crippen molar-refractivity contribution in [1.82, 2.24) is 4.98 Å². The minimum absolute atomic E-state index is 0.672. The van der Waals surface area contributed by atoms with Crippen molar-refractivity contribution in [3.05, 3.63) is 59.7 Å². The third kappa shape index (κ3) is 3.64. The molecule has 3 aromatic rings. The average molecular weight is 312 g/mol. The lowest BCUT2D eigenvalue weighted by atomic mass is 10.1. The molecule has 0 aliphatic heterocycles. The Kier molecular flexibility index (Phi) is 5.03. The van der Waals surface area contributed by atoms with Crippen molar-refractivity contribution >= 4 is 26.7 Å². The maximum absolute atomic E-state index is 5.67. The van der Waals surface area contributed by atoms with Crippen molar-refractivity contribution in [2.75, 3.05) is 11.9 Å². The molecule has 0 atom stereocenters. The fourth-order valence-corrected chi connectivity index (χ4v) is 3.18. The maximum Gasteiger partial charge on any atom is 0.184 e. The van der Waals surface area contributed by atoms with Crippen LogP contribution in [0.3, 0.4) is 0 Å². The smallest absolute Gasteiger partial charge is 0.184 e. The second kappa shape index (κ2) is 7.38. The summed E-state index contributed by atoms with van der Waals surface area (Å²) in [6.07, 6.45) is 1.05. The van der Waals surface area contributed by atoms with Crippen LogP contribution in [-0.4, -0.2) is 11.6 Å². The van der Waals surface area contributed by atoms with Crippen molar-refractivity contribution in [1.29, 1.82) is 0 Å². The fraction of sp³-hybridized carbons (Fsp3) is 0.278. The number of hydrogen-bond donors (Lipinski definition) is 1. The third-order valence-corrected chi connectivity index (χ3v) is 4.44. The van der Waals surface area contributed by atoms with E-state index >= 15 is 0 Å². The molecule has 3 rings (SSSR count). The zero-order valence-electron chi connectivity index (χ0n) is 12.7. The van der Waals surface area contributed by atoms with Crippen LogP contribution in [0.4, 0.5) is 5.13 Å². The summed E-state index contributed by atoms with van der Waals surface area (Å²) >= 11 is 1.69. The van der Waals surface area contributed by atoms with Gasteiger partial charge in [-0.3, -0.25) is 0 Å². The summed E-state index contributed by atoms with van der Waals surface area (Å²) in [6, 6.07) is 16.6. The Bertz CT molecular complexity index is 706. The highest BCUT2D eigenvalue weighted by Gasteiger charge is 2.05. The molecule has 0 bridgehead atoms. The van der Waals surface area contributed by atoms with Crippen LogP contribution in [0.1, 0.15) is 24.5 Å². The van der Waals surface area contributed by atoms with Crippen molar-refractivity contribution in [3.63, 3.8) is 0 Å². The SMILES string of the molecule is CCCOCc1ccccc1CNc1nc2ccccc2s1. The molecule has 1 aromatic heterocycles. The van der Waals surface area contributed by atoms with Gasteiger partial charge in [0.2, 0.25) is 0 Å². The number of benzene rings is 2. The van der Waals surface area contributed by atoms with Gasteiger partial charge < -0.3 is 10.1 Å². The zero-order valence-corrected chi connectivity index (χ0v) is 13.5. The Hall–Kier alpha value is -1.91. The lowest BCUT2D eigenvalue weighted by molar-refractivity contribution is 0.121. The fourth-order valence-electron chi connectivity index (χ4n) is 2.32. The molecule has 0 unspecified atom stereocenters. The lowest BCUT2D eigenvalue weighted by Crippen LogP contribution is -2.04. The van der Waals surface area contributed by atoms with Crippen molar-refractivity contribution in [2.45, 2.75) is 26.5 Å². The number of nitrogens with zero attached hydrogens (tertiary/aromatic N) is 1. The van der Waals surface area contributed by atoms with Gasteiger partial charge in [-0.25, -0.2) is 4.98 Å². The van der Waals surface area contributed by atoms with E-state index in [9.17, 15) is 0 Å². The Morgan fingerprint density at radius 1 is 1.05 bits per heavy atom. The van der Waals surface area contributed by atoms with Crippen molar-refractivity contribution in [3.8, 4) is 0 Å². The van der Waals surface area contributed by atoms with E-state index in [2.05, 4.69) is 47.6 Å². The van der Waals surface area contributed by atoms with E-state index in [1.807, 2.05) is 18.2 Å². The number of hydrogen-bond acceptors (Lipinski definition) is 4. The molecular weight excluding hydrogens is 292 g/mol. The first-order valence-corrected chi connectivity index (χ1v) is 8.42. The molecule has 114 valence electrons. The Labute approximate surface area is 135 Å². The summed E-state index contributed by atoms with van der Waals surface area (Å²) in [5.74, 6) is 0. The van der Waals surface area contributed by atoms with Gasteiger partial charge in [-0.2, -0.15) is 0 Å². The average Bonchev–Trinajstić information content (AvgIpc) is 2.97. The normalized spacial score (nSPS) is 11.0. The molecule has 0 fully saturated rings. The summed E-state index contributed by atoms with van der Waals surface area (Å²) in [4.78, 5) is 4.61. The van der Waals surface area contributed by atoms with Gasteiger partial charge in [0.25, 0.3) is 0 Å². The first-order valence-electron chi connectivity index (χ1n) is 7.61. The summed E-state index contributed by atoms with van der Waals surface area (Å²) in [5, 5.41) is 4.40. The Morgan fingerprint density at radius 2 is 1.82 bits per heavy atom. The number of anilines is 1.